The van der Waals surface area contributed by atoms with Gasteiger partial charge in [0.2, 0.25) is 0 Å². The second-order valence-electron chi connectivity index (χ2n) is 3.00. The molecule has 0 bridgehead atoms. The van der Waals surface area contributed by atoms with E-state index >= 15 is 0 Å². The minimum atomic E-state index is 0.109. The predicted octanol–water partition coefficient (Wildman–Crippen LogP) is 2.07. The summed E-state index contributed by atoms with van der Waals surface area (Å²) in [6.07, 6.45) is 9.17. The van der Waals surface area contributed by atoms with Gasteiger partial charge in [0, 0.05) is 6.20 Å². The molecule has 0 aliphatic heterocycles. The fourth-order valence-corrected chi connectivity index (χ4v) is 1.36. The Morgan fingerprint density at radius 2 is 2.38 bits per heavy atom. The Morgan fingerprint density at radius 3 is 3.15 bits per heavy atom. The normalized spacial score (nSPS) is 12.6. The maximum absolute atomic E-state index is 5.36. The van der Waals surface area contributed by atoms with Crippen molar-refractivity contribution in [1.82, 2.24) is 9.38 Å². The van der Waals surface area contributed by atoms with Gasteiger partial charge in [0.25, 0.3) is 0 Å². The van der Waals surface area contributed by atoms with Crippen LogP contribution in [0.2, 0.25) is 0 Å². The molecule has 13 heavy (non-hydrogen) atoms. The molecule has 1 atom stereocenters. The average molecular weight is 170 g/mol. The highest BCUT2D eigenvalue weighted by molar-refractivity contribution is 5.41. The Balaban J connectivity index is 2.66. The summed E-state index contributed by atoms with van der Waals surface area (Å²) in [5, 5.41) is 0. The number of pyridine rings is 1. The first-order chi connectivity index (χ1) is 6.33. The lowest BCUT2D eigenvalue weighted by atomic mass is 10.1. The maximum atomic E-state index is 5.36. The summed E-state index contributed by atoms with van der Waals surface area (Å²) in [6, 6.07) is 5.90. The van der Waals surface area contributed by atoms with Crippen LogP contribution in [-0.4, -0.2) is 9.38 Å². The average Bonchev–Trinajstić information content (AvgIpc) is 2.60. The maximum Gasteiger partial charge on any atom is 0.136 e. The molecule has 0 amide bonds. The Morgan fingerprint density at radius 1 is 1.54 bits per heavy atom. The van der Waals surface area contributed by atoms with Gasteiger partial charge in [0.15, 0.2) is 0 Å². The van der Waals surface area contributed by atoms with E-state index in [1.807, 2.05) is 41.9 Å². The van der Waals surface area contributed by atoms with Gasteiger partial charge in [-0.3, -0.25) is 0 Å². The van der Waals surface area contributed by atoms with E-state index in [9.17, 15) is 0 Å². The molecule has 2 rings (SSSR count). The third-order valence-electron chi connectivity index (χ3n) is 2.14. The largest absolute Gasteiger partial charge is 0.303 e. The van der Waals surface area contributed by atoms with Gasteiger partial charge in [0.1, 0.15) is 5.65 Å². The van der Waals surface area contributed by atoms with Crippen LogP contribution in [0, 0.1) is 12.3 Å². The van der Waals surface area contributed by atoms with Gasteiger partial charge in [0.05, 0.1) is 17.8 Å². The van der Waals surface area contributed by atoms with Crippen LogP contribution in [0.4, 0.5) is 0 Å². The number of hydrogen-bond acceptors (Lipinski definition) is 1. The minimum absolute atomic E-state index is 0.109. The Hall–Kier alpha value is -1.75. The first-order valence-corrected chi connectivity index (χ1v) is 4.21. The number of terminal acetylenes is 1. The van der Waals surface area contributed by atoms with Gasteiger partial charge < -0.3 is 4.40 Å². The molecule has 2 nitrogen and oxygen atoms in total. The molecule has 0 saturated heterocycles. The molecule has 1 unspecified atom stereocenters. The molecule has 0 aromatic carbocycles. The van der Waals surface area contributed by atoms with Crippen molar-refractivity contribution in [2.24, 2.45) is 0 Å². The lowest BCUT2D eigenvalue weighted by Crippen LogP contribution is -1.95. The zero-order chi connectivity index (χ0) is 9.26. The Bertz CT molecular complexity index is 462. The smallest absolute Gasteiger partial charge is 0.136 e. The zero-order valence-electron chi connectivity index (χ0n) is 7.44. The van der Waals surface area contributed by atoms with Crippen LogP contribution in [0.1, 0.15) is 18.5 Å². The van der Waals surface area contributed by atoms with Gasteiger partial charge in [-0.2, -0.15) is 0 Å². The van der Waals surface area contributed by atoms with E-state index in [1.54, 1.807) is 0 Å². The minimum Gasteiger partial charge on any atom is -0.303 e. The van der Waals surface area contributed by atoms with Gasteiger partial charge in [-0.1, -0.05) is 12.0 Å². The fraction of sp³-hybridized carbons (Fsp3) is 0.182. The van der Waals surface area contributed by atoms with Crippen LogP contribution < -0.4 is 0 Å². The van der Waals surface area contributed by atoms with Crippen molar-refractivity contribution in [3.8, 4) is 12.3 Å². The number of hydrogen-bond donors (Lipinski definition) is 0. The van der Waals surface area contributed by atoms with E-state index in [0.29, 0.717) is 0 Å². The molecule has 0 fully saturated rings. The van der Waals surface area contributed by atoms with E-state index in [2.05, 4.69) is 10.9 Å². The summed E-state index contributed by atoms with van der Waals surface area (Å²) in [4.78, 5) is 4.26. The summed E-state index contributed by atoms with van der Waals surface area (Å²) >= 11 is 0. The Kier molecular flexibility index (Phi) is 1.79. The van der Waals surface area contributed by atoms with Crippen molar-refractivity contribution < 1.29 is 0 Å². The summed E-state index contributed by atoms with van der Waals surface area (Å²) in [7, 11) is 0. The van der Waals surface area contributed by atoms with Crippen molar-refractivity contribution in [2.75, 3.05) is 0 Å². The molecule has 0 aliphatic carbocycles. The second kappa shape index (κ2) is 2.95. The van der Waals surface area contributed by atoms with Gasteiger partial charge >= 0.3 is 0 Å². The number of nitrogens with zero attached hydrogens (tertiary/aromatic N) is 2. The molecule has 2 aromatic heterocycles. The monoisotopic (exact) mass is 170 g/mol. The highest BCUT2D eigenvalue weighted by atomic mass is 15.0. The molecule has 2 heteroatoms. The number of imidazole rings is 1. The van der Waals surface area contributed by atoms with Gasteiger partial charge in [-0.05, 0) is 19.1 Å². The molecule has 0 aliphatic rings. The summed E-state index contributed by atoms with van der Waals surface area (Å²) in [5.74, 6) is 2.81. The van der Waals surface area contributed by atoms with Crippen molar-refractivity contribution in [3.63, 3.8) is 0 Å². The van der Waals surface area contributed by atoms with Crippen LogP contribution in [0.25, 0.3) is 5.65 Å². The second-order valence-corrected chi connectivity index (χ2v) is 3.00. The van der Waals surface area contributed by atoms with E-state index < -0.39 is 0 Å². The van der Waals surface area contributed by atoms with Crippen molar-refractivity contribution in [2.45, 2.75) is 12.8 Å². The molecular formula is C11H10N2. The number of fused-ring (bicyclic) bond motifs is 1. The topological polar surface area (TPSA) is 17.3 Å². The number of aromatic nitrogens is 2. The molecule has 0 spiro atoms. The summed E-state index contributed by atoms with van der Waals surface area (Å²) in [5.41, 5.74) is 2.01. The van der Waals surface area contributed by atoms with Crippen LogP contribution >= 0.6 is 0 Å². The van der Waals surface area contributed by atoms with Gasteiger partial charge in [-0.25, -0.2) is 4.98 Å². The SMILES string of the molecule is C#CC(C)c1cnc2ccccn12. The van der Waals surface area contributed by atoms with Crippen molar-refractivity contribution in [3.05, 3.63) is 36.3 Å². The third kappa shape index (κ3) is 1.19. The standard InChI is InChI=1S/C11H10N2/c1-3-9(2)10-8-12-11-6-4-5-7-13(10)11/h1,4-9H,2H3. The first-order valence-electron chi connectivity index (χ1n) is 4.21. The lowest BCUT2D eigenvalue weighted by Gasteiger charge is -2.02. The van der Waals surface area contributed by atoms with E-state index in [0.717, 1.165) is 11.3 Å². The van der Waals surface area contributed by atoms with E-state index in [-0.39, 0.29) is 5.92 Å². The first kappa shape index (κ1) is 7.88. The van der Waals surface area contributed by atoms with E-state index in [1.165, 1.54) is 0 Å². The fourth-order valence-electron chi connectivity index (χ4n) is 1.36. The molecule has 0 radical (unpaired) electrons. The highest BCUT2D eigenvalue weighted by Gasteiger charge is 2.06. The predicted molar refractivity (Wildman–Crippen MR) is 52.4 cm³/mol. The molecule has 2 heterocycles. The molecular weight excluding hydrogens is 160 g/mol. The zero-order valence-corrected chi connectivity index (χ0v) is 7.44. The van der Waals surface area contributed by atoms with Crippen molar-refractivity contribution >= 4 is 5.65 Å². The molecule has 64 valence electrons. The molecule has 0 saturated carbocycles. The molecule has 0 N–H and O–H groups in total. The van der Waals surface area contributed by atoms with Crippen LogP contribution in [0.15, 0.2) is 30.6 Å². The van der Waals surface area contributed by atoms with Crippen LogP contribution in [0.3, 0.4) is 0 Å². The summed E-state index contributed by atoms with van der Waals surface area (Å²) < 4.78 is 2.02. The quantitative estimate of drug-likeness (QED) is 0.599. The van der Waals surface area contributed by atoms with E-state index in [4.69, 9.17) is 6.42 Å². The highest BCUT2D eigenvalue weighted by Crippen LogP contribution is 2.15. The summed E-state index contributed by atoms with van der Waals surface area (Å²) in [6.45, 7) is 2.00. The van der Waals surface area contributed by atoms with Crippen LogP contribution in [-0.2, 0) is 0 Å². The third-order valence-corrected chi connectivity index (χ3v) is 2.14. The molecule has 2 aromatic rings. The lowest BCUT2D eigenvalue weighted by molar-refractivity contribution is 0.912. The van der Waals surface area contributed by atoms with Crippen LogP contribution in [0.5, 0.6) is 0 Å². The van der Waals surface area contributed by atoms with Gasteiger partial charge in [-0.15, -0.1) is 6.42 Å². The number of rotatable bonds is 1. The Labute approximate surface area is 77.2 Å². The van der Waals surface area contributed by atoms with Crippen molar-refractivity contribution in [1.29, 1.82) is 0 Å².